The van der Waals surface area contributed by atoms with E-state index in [1.54, 1.807) is 61.5 Å². The summed E-state index contributed by atoms with van der Waals surface area (Å²) >= 11 is 1.27. The predicted molar refractivity (Wildman–Crippen MR) is 119 cm³/mol. The first-order chi connectivity index (χ1) is 14.3. The molecule has 30 heavy (non-hydrogen) atoms. The van der Waals surface area contributed by atoms with E-state index in [-0.39, 0.29) is 23.0 Å². The monoisotopic (exact) mass is 444 g/mol. The van der Waals surface area contributed by atoms with Crippen molar-refractivity contribution in [1.82, 2.24) is 0 Å². The SMILES string of the molecule is Cc1ccc(NC(=O)CCSc2ccccc2F)cc1NS(=O)(=O)c1ccccc1. The highest BCUT2D eigenvalue weighted by atomic mass is 32.2. The number of carbonyl (C=O) groups excluding carboxylic acids is 1. The molecule has 0 aliphatic heterocycles. The number of benzene rings is 3. The Kier molecular flexibility index (Phi) is 7.12. The molecule has 3 rings (SSSR count). The quantitative estimate of drug-likeness (QED) is 0.477. The molecule has 0 aromatic heterocycles. The van der Waals surface area contributed by atoms with E-state index in [0.29, 0.717) is 22.0 Å². The van der Waals surface area contributed by atoms with Crippen LogP contribution in [0.4, 0.5) is 15.8 Å². The first-order valence-corrected chi connectivity index (χ1v) is 11.7. The maximum absolute atomic E-state index is 13.6. The summed E-state index contributed by atoms with van der Waals surface area (Å²) in [6.45, 7) is 1.78. The van der Waals surface area contributed by atoms with Gasteiger partial charge in [0.05, 0.1) is 10.6 Å². The van der Waals surface area contributed by atoms with Gasteiger partial charge < -0.3 is 5.32 Å². The second-order valence-electron chi connectivity index (χ2n) is 6.53. The number of halogens is 1. The molecule has 0 radical (unpaired) electrons. The zero-order chi connectivity index (χ0) is 21.6. The fourth-order valence-corrected chi connectivity index (χ4v) is 4.68. The fourth-order valence-electron chi connectivity index (χ4n) is 2.65. The molecule has 3 aromatic carbocycles. The number of aryl methyl sites for hydroxylation is 1. The fraction of sp³-hybridized carbons (Fsp3) is 0.136. The van der Waals surface area contributed by atoms with Crippen LogP contribution in [0, 0.1) is 12.7 Å². The summed E-state index contributed by atoms with van der Waals surface area (Å²) < 4.78 is 41.3. The molecule has 0 fully saturated rings. The molecule has 156 valence electrons. The highest BCUT2D eigenvalue weighted by Crippen LogP contribution is 2.25. The van der Waals surface area contributed by atoms with Gasteiger partial charge in [-0.05, 0) is 48.9 Å². The van der Waals surface area contributed by atoms with Gasteiger partial charge >= 0.3 is 0 Å². The Morgan fingerprint density at radius 3 is 2.43 bits per heavy atom. The molecule has 0 spiro atoms. The van der Waals surface area contributed by atoms with Crippen LogP contribution >= 0.6 is 11.8 Å². The zero-order valence-corrected chi connectivity index (χ0v) is 17.9. The molecule has 5 nitrogen and oxygen atoms in total. The van der Waals surface area contributed by atoms with Crippen molar-refractivity contribution in [2.75, 3.05) is 15.8 Å². The lowest BCUT2D eigenvalue weighted by molar-refractivity contribution is -0.115. The lowest BCUT2D eigenvalue weighted by Crippen LogP contribution is -2.15. The minimum absolute atomic E-state index is 0.156. The highest BCUT2D eigenvalue weighted by Gasteiger charge is 2.15. The van der Waals surface area contributed by atoms with Crippen LogP contribution in [-0.2, 0) is 14.8 Å². The summed E-state index contributed by atoms with van der Waals surface area (Å²) in [6, 6.07) is 19.5. The lowest BCUT2D eigenvalue weighted by Gasteiger charge is -2.13. The number of thioether (sulfide) groups is 1. The Morgan fingerprint density at radius 1 is 1.00 bits per heavy atom. The van der Waals surface area contributed by atoms with Crippen molar-refractivity contribution in [2.24, 2.45) is 0 Å². The van der Waals surface area contributed by atoms with Gasteiger partial charge in [0.2, 0.25) is 5.91 Å². The normalized spacial score (nSPS) is 11.1. The molecule has 0 saturated carbocycles. The van der Waals surface area contributed by atoms with Gasteiger partial charge in [0.25, 0.3) is 10.0 Å². The summed E-state index contributed by atoms with van der Waals surface area (Å²) in [7, 11) is -3.73. The number of anilines is 2. The van der Waals surface area contributed by atoms with Gasteiger partial charge in [0.1, 0.15) is 5.82 Å². The topological polar surface area (TPSA) is 75.3 Å². The summed E-state index contributed by atoms with van der Waals surface area (Å²) in [5.74, 6) is -0.122. The third kappa shape index (κ3) is 5.84. The van der Waals surface area contributed by atoms with Crippen LogP contribution in [0.3, 0.4) is 0 Å². The van der Waals surface area contributed by atoms with E-state index in [1.165, 1.54) is 30.0 Å². The van der Waals surface area contributed by atoms with Gasteiger partial charge in [-0.2, -0.15) is 0 Å². The van der Waals surface area contributed by atoms with Gasteiger partial charge in [-0.1, -0.05) is 36.4 Å². The molecule has 0 bridgehead atoms. The van der Waals surface area contributed by atoms with Crippen molar-refractivity contribution in [3.8, 4) is 0 Å². The van der Waals surface area contributed by atoms with E-state index < -0.39 is 10.0 Å². The molecular weight excluding hydrogens is 423 g/mol. The van der Waals surface area contributed by atoms with Gasteiger partial charge in [-0.25, -0.2) is 12.8 Å². The van der Waals surface area contributed by atoms with Crippen molar-refractivity contribution >= 4 is 39.1 Å². The second kappa shape index (κ2) is 9.77. The number of hydrogen-bond donors (Lipinski definition) is 2. The Morgan fingerprint density at radius 2 is 1.70 bits per heavy atom. The van der Waals surface area contributed by atoms with E-state index in [1.807, 2.05) is 0 Å². The zero-order valence-electron chi connectivity index (χ0n) is 16.3. The minimum Gasteiger partial charge on any atom is -0.326 e. The van der Waals surface area contributed by atoms with Crippen LogP contribution < -0.4 is 10.0 Å². The maximum atomic E-state index is 13.6. The van der Waals surface area contributed by atoms with Gasteiger partial charge in [0.15, 0.2) is 0 Å². The molecule has 2 N–H and O–H groups in total. The Balaban J connectivity index is 1.62. The molecule has 1 amide bonds. The summed E-state index contributed by atoms with van der Waals surface area (Å²) in [5, 5.41) is 2.76. The number of rotatable bonds is 8. The largest absolute Gasteiger partial charge is 0.326 e. The summed E-state index contributed by atoms with van der Waals surface area (Å²) in [4.78, 5) is 12.9. The van der Waals surface area contributed by atoms with Crippen molar-refractivity contribution in [3.63, 3.8) is 0 Å². The van der Waals surface area contributed by atoms with Crippen LogP contribution in [0.1, 0.15) is 12.0 Å². The van der Waals surface area contributed by atoms with Crippen molar-refractivity contribution in [1.29, 1.82) is 0 Å². The van der Waals surface area contributed by atoms with Crippen LogP contribution in [0.25, 0.3) is 0 Å². The first-order valence-electron chi connectivity index (χ1n) is 9.21. The average Bonchev–Trinajstić information content (AvgIpc) is 2.72. The van der Waals surface area contributed by atoms with E-state index in [0.717, 1.165) is 5.56 Å². The van der Waals surface area contributed by atoms with Gasteiger partial charge in [-0.3, -0.25) is 9.52 Å². The molecule has 0 aliphatic carbocycles. The van der Waals surface area contributed by atoms with Crippen molar-refractivity contribution < 1.29 is 17.6 Å². The van der Waals surface area contributed by atoms with Crippen LogP contribution in [-0.4, -0.2) is 20.1 Å². The van der Waals surface area contributed by atoms with E-state index in [4.69, 9.17) is 0 Å². The number of carbonyl (C=O) groups is 1. The molecule has 0 saturated heterocycles. The number of amides is 1. The molecule has 0 atom stereocenters. The minimum atomic E-state index is -3.73. The Bertz CT molecular complexity index is 1140. The maximum Gasteiger partial charge on any atom is 0.261 e. The predicted octanol–water partition coefficient (Wildman–Crippen LogP) is 5.06. The average molecular weight is 445 g/mol. The van der Waals surface area contributed by atoms with Gasteiger partial charge in [-0.15, -0.1) is 11.8 Å². The van der Waals surface area contributed by atoms with Crippen LogP contribution in [0.2, 0.25) is 0 Å². The van der Waals surface area contributed by atoms with E-state index >= 15 is 0 Å². The summed E-state index contributed by atoms with van der Waals surface area (Å²) in [5.41, 5.74) is 1.59. The number of sulfonamides is 1. The summed E-state index contributed by atoms with van der Waals surface area (Å²) in [6.07, 6.45) is 0.192. The third-order valence-electron chi connectivity index (χ3n) is 4.24. The van der Waals surface area contributed by atoms with Crippen LogP contribution in [0.15, 0.2) is 82.6 Å². The first kappa shape index (κ1) is 21.9. The second-order valence-corrected chi connectivity index (χ2v) is 9.34. The molecular formula is C22H21FN2O3S2. The standard InChI is InChI=1S/C22H21FN2O3S2/c1-16-11-12-17(15-20(16)25-30(27,28)18-7-3-2-4-8-18)24-22(26)13-14-29-21-10-6-5-9-19(21)23/h2-12,15,25H,13-14H2,1H3,(H,24,26). The molecule has 8 heteroatoms. The molecule has 0 heterocycles. The Hall–Kier alpha value is -2.84. The third-order valence-corrected chi connectivity index (χ3v) is 6.67. The highest BCUT2D eigenvalue weighted by molar-refractivity contribution is 7.99. The van der Waals surface area contributed by atoms with E-state index in [2.05, 4.69) is 10.0 Å². The molecule has 0 aliphatic rings. The van der Waals surface area contributed by atoms with Crippen molar-refractivity contribution in [2.45, 2.75) is 23.1 Å². The lowest BCUT2D eigenvalue weighted by atomic mass is 10.2. The number of hydrogen-bond acceptors (Lipinski definition) is 4. The van der Waals surface area contributed by atoms with E-state index in [9.17, 15) is 17.6 Å². The number of nitrogens with one attached hydrogen (secondary N) is 2. The van der Waals surface area contributed by atoms with Crippen molar-refractivity contribution in [3.05, 3.63) is 84.2 Å². The molecule has 3 aromatic rings. The van der Waals surface area contributed by atoms with Gasteiger partial charge in [0, 0.05) is 22.8 Å². The van der Waals surface area contributed by atoms with Crippen LogP contribution in [0.5, 0.6) is 0 Å². The smallest absolute Gasteiger partial charge is 0.261 e. The molecule has 0 unspecified atom stereocenters. The Labute approximate surface area is 179 Å².